The van der Waals surface area contributed by atoms with Gasteiger partial charge in [-0.1, -0.05) is 36.4 Å². The molecule has 0 saturated carbocycles. The van der Waals surface area contributed by atoms with Crippen LogP contribution in [0.4, 0.5) is 0 Å². The van der Waals surface area contributed by atoms with Gasteiger partial charge in [0, 0.05) is 25.2 Å². The van der Waals surface area contributed by atoms with E-state index in [4.69, 9.17) is 9.47 Å². The van der Waals surface area contributed by atoms with E-state index in [2.05, 4.69) is 23.5 Å². The Morgan fingerprint density at radius 3 is 2.50 bits per heavy atom. The fraction of sp³-hybridized carbons (Fsp3) is 0.455. The number of amides is 1. The average Bonchev–Trinajstić information content (AvgIpc) is 2.70. The SMILES string of the molecule is C=CCOCCCCOCc1ccccc1C(=O)C[C@@H](CC=C)C(=O)NOC. The molecule has 0 spiro atoms. The summed E-state index contributed by atoms with van der Waals surface area (Å²) in [7, 11) is 1.36. The molecule has 154 valence electrons. The molecule has 0 aliphatic carbocycles. The normalized spacial score (nSPS) is 11.6. The first kappa shape index (κ1) is 23.8. The van der Waals surface area contributed by atoms with Gasteiger partial charge in [-0.25, -0.2) is 5.48 Å². The summed E-state index contributed by atoms with van der Waals surface area (Å²) in [5.41, 5.74) is 3.69. The molecular weight excluding hydrogens is 358 g/mol. The van der Waals surface area contributed by atoms with Crippen LogP contribution in [0.1, 0.15) is 41.6 Å². The van der Waals surface area contributed by atoms with E-state index in [1.54, 1.807) is 18.2 Å². The van der Waals surface area contributed by atoms with Crippen LogP contribution < -0.4 is 5.48 Å². The Morgan fingerprint density at radius 2 is 1.82 bits per heavy atom. The van der Waals surface area contributed by atoms with Gasteiger partial charge in [0.05, 0.1) is 26.2 Å². The van der Waals surface area contributed by atoms with E-state index in [0.717, 1.165) is 18.4 Å². The number of Topliss-reactive ketones (excluding diaryl/α,β-unsaturated/α-hetero) is 1. The zero-order valence-corrected chi connectivity index (χ0v) is 16.7. The highest BCUT2D eigenvalue weighted by Crippen LogP contribution is 2.18. The Bertz CT molecular complexity index is 629. The molecule has 0 radical (unpaired) electrons. The number of hydrogen-bond acceptors (Lipinski definition) is 5. The third-order valence-corrected chi connectivity index (χ3v) is 4.09. The van der Waals surface area contributed by atoms with Crippen molar-refractivity contribution >= 4 is 11.7 Å². The van der Waals surface area contributed by atoms with Gasteiger partial charge in [-0.3, -0.25) is 14.4 Å². The summed E-state index contributed by atoms with van der Waals surface area (Å²) in [4.78, 5) is 29.5. The lowest BCUT2D eigenvalue weighted by Gasteiger charge is -2.15. The molecule has 0 saturated heterocycles. The molecule has 0 aliphatic rings. The van der Waals surface area contributed by atoms with E-state index in [1.807, 2.05) is 18.2 Å². The highest BCUT2D eigenvalue weighted by molar-refractivity contribution is 5.99. The summed E-state index contributed by atoms with van der Waals surface area (Å²) in [6.45, 7) is 9.44. The summed E-state index contributed by atoms with van der Waals surface area (Å²) in [5.74, 6) is -0.951. The van der Waals surface area contributed by atoms with E-state index in [9.17, 15) is 9.59 Å². The standard InChI is InChI=1S/C22H31NO5/c1-4-10-18(22(25)23-26-3)16-21(24)20-12-7-6-11-19(20)17-28-15-9-8-14-27-13-5-2/h4-7,11-12,18H,1-2,8-10,13-17H2,3H3,(H,23,25)/t18-/m1/s1. The number of allylic oxidation sites excluding steroid dienone is 1. The molecule has 0 heterocycles. The molecule has 6 nitrogen and oxygen atoms in total. The Kier molecular flexibility index (Phi) is 12.5. The van der Waals surface area contributed by atoms with E-state index in [-0.39, 0.29) is 18.1 Å². The monoisotopic (exact) mass is 389 g/mol. The number of benzene rings is 1. The van der Waals surface area contributed by atoms with Gasteiger partial charge < -0.3 is 9.47 Å². The number of unbranched alkanes of at least 4 members (excludes halogenated alkanes) is 1. The van der Waals surface area contributed by atoms with Crippen molar-refractivity contribution < 1.29 is 23.9 Å². The molecule has 1 amide bonds. The predicted molar refractivity (Wildman–Crippen MR) is 109 cm³/mol. The molecule has 0 fully saturated rings. The first-order valence-electron chi connectivity index (χ1n) is 9.45. The van der Waals surface area contributed by atoms with Gasteiger partial charge in [-0.2, -0.15) is 0 Å². The molecule has 0 unspecified atom stereocenters. The molecule has 0 aromatic heterocycles. The van der Waals surface area contributed by atoms with Gasteiger partial charge in [0.15, 0.2) is 5.78 Å². The lowest BCUT2D eigenvalue weighted by Crippen LogP contribution is -2.31. The number of nitrogens with one attached hydrogen (secondary N) is 1. The maximum atomic E-state index is 12.8. The zero-order valence-electron chi connectivity index (χ0n) is 16.7. The highest BCUT2D eigenvalue weighted by Gasteiger charge is 2.22. The summed E-state index contributed by atoms with van der Waals surface area (Å²) < 4.78 is 11.0. The van der Waals surface area contributed by atoms with Crippen LogP contribution in [0.3, 0.4) is 0 Å². The summed E-state index contributed by atoms with van der Waals surface area (Å²) in [5, 5.41) is 0. The Balaban J connectivity index is 2.56. The van der Waals surface area contributed by atoms with E-state index in [0.29, 0.717) is 38.4 Å². The lowest BCUT2D eigenvalue weighted by molar-refractivity contribution is -0.135. The minimum absolute atomic E-state index is 0.0822. The minimum atomic E-state index is -0.519. The predicted octanol–water partition coefficient (Wildman–Crippen LogP) is 3.63. The molecule has 0 bridgehead atoms. The van der Waals surface area contributed by atoms with Crippen LogP contribution >= 0.6 is 0 Å². The first-order valence-corrected chi connectivity index (χ1v) is 9.45. The van der Waals surface area contributed by atoms with Gasteiger partial charge in [0.1, 0.15) is 0 Å². The first-order chi connectivity index (χ1) is 13.6. The third-order valence-electron chi connectivity index (χ3n) is 4.09. The third kappa shape index (κ3) is 9.08. The van der Waals surface area contributed by atoms with Crippen LogP contribution in [0.2, 0.25) is 0 Å². The van der Waals surface area contributed by atoms with Gasteiger partial charge in [-0.05, 0) is 24.8 Å². The molecule has 1 aromatic carbocycles. The Labute approximate surface area is 167 Å². The molecule has 1 N–H and O–H groups in total. The van der Waals surface area contributed by atoms with Crippen LogP contribution in [0.25, 0.3) is 0 Å². The second-order valence-electron chi connectivity index (χ2n) is 6.30. The van der Waals surface area contributed by atoms with Crippen molar-refractivity contribution in [3.8, 4) is 0 Å². The fourth-order valence-corrected chi connectivity index (χ4v) is 2.68. The molecule has 0 aliphatic heterocycles. The number of ketones is 1. The van der Waals surface area contributed by atoms with Crippen LogP contribution in [0.5, 0.6) is 0 Å². The van der Waals surface area contributed by atoms with Crippen LogP contribution in [0.15, 0.2) is 49.6 Å². The van der Waals surface area contributed by atoms with E-state index >= 15 is 0 Å². The topological polar surface area (TPSA) is 73.9 Å². The Morgan fingerprint density at radius 1 is 1.11 bits per heavy atom. The average molecular weight is 389 g/mol. The van der Waals surface area contributed by atoms with Gasteiger partial charge in [-0.15, -0.1) is 13.2 Å². The fourth-order valence-electron chi connectivity index (χ4n) is 2.68. The summed E-state index contributed by atoms with van der Waals surface area (Å²) >= 11 is 0. The van der Waals surface area contributed by atoms with Crippen LogP contribution in [-0.2, 0) is 25.7 Å². The molecule has 1 aromatic rings. The van der Waals surface area contributed by atoms with Gasteiger partial charge in [0.2, 0.25) is 5.91 Å². The highest BCUT2D eigenvalue weighted by atomic mass is 16.6. The minimum Gasteiger partial charge on any atom is -0.377 e. The van der Waals surface area contributed by atoms with Gasteiger partial charge >= 0.3 is 0 Å². The van der Waals surface area contributed by atoms with E-state index < -0.39 is 5.92 Å². The number of hydroxylamine groups is 1. The van der Waals surface area contributed by atoms with Crippen molar-refractivity contribution in [1.82, 2.24) is 5.48 Å². The number of carbonyl (C=O) groups is 2. The lowest BCUT2D eigenvalue weighted by atomic mass is 9.93. The van der Waals surface area contributed by atoms with E-state index in [1.165, 1.54) is 7.11 Å². The number of ether oxygens (including phenoxy) is 2. The van der Waals surface area contributed by atoms with Crippen molar-refractivity contribution in [3.63, 3.8) is 0 Å². The van der Waals surface area contributed by atoms with Crippen molar-refractivity contribution in [2.24, 2.45) is 5.92 Å². The number of carbonyl (C=O) groups excluding carboxylic acids is 2. The Hall–Kier alpha value is -2.28. The number of hydrogen-bond donors (Lipinski definition) is 1. The summed E-state index contributed by atoms with van der Waals surface area (Å²) in [6, 6.07) is 7.32. The van der Waals surface area contributed by atoms with Gasteiger partial charge in [0.25, 0.3) is 0 Å². The number of rotatable bonds is 16. The maximum absolute atomic E-state index is 12.8. The second-order valence-corrected chi connectivity index (χ2v) is 6.30. The van der Waals surface area contributed by atoms with Crippen molar-refractivity contribution in [2.75, 3.05) is 26.9 Å². The second kappa shape index (κ2) is 14.7. The van der Waals surface area contributed by atoms with Crippen molar-refractivity contribution in [2.45, 2.75) is 32.3 Å². The van der Waals surface area contributed by atoms with Crippen molar-refractivity contribution in [1.29, 1.82) is 0 Å². The molecule has 1 rings (SSSR count). The smallest absolute Gasteiger partial charge is 0.247 e. The molecule has 6 heteroatoms. The quantitative estimate of drug-likeness (QED) is 0.202. The molecule has 28 heavy (non-hydrogen) atoms. The molecule has 1 atom stereocenters. The maximum Gasteiger partial charge on any atom is 0.247 e. The zero-order chi connectivity index (χ0) is 20.6. The molecular formula is C22H31NO5. The largest absolute Gasteiger partial charge is 0.377 e. The van der Waals surface area contributed by atoms with Crippen LogP contribution in [0, 0.1) is 5.92 Å². The van der Waals surface area contributed by atoms with Crippen LogP contribution in [-0.4, -0.2) is 38.6 Å². The van der Waals surface area contributed by atoms with Crippen molar-refractivity contribution in [3.05, 3.63) is 60.7 Å². The summed E-state index contributed by atoms with van der Waals surface area (Å²) in [6.07, 6.45) is 5.62.